The van der Waals surface area contributed by atoms with E-state index in [4.69, 9.17) is 4.74 Å². The average Bonchev–Trinajstić information content (AvgIpc) is 2.94. The quantitative estimate of drug-likeness (QED) is 0.625. The minimum Gasteiger partial charge on any atom is -0.480 e. The van der Waals surface area contributed by atoms with Gasteiger partial charge in [-0.05, 0) is 12.3 Å². The Balaban J connectivity index is 1.81. The van der Waals surface area contributed by atoms with Crippen LogP contribution < -0.4 is 5.32 Å². The molecule has 8 nitrogen and oxygen atoms in total. The van der Waals surface area contributed by atoms with Gasteiger partial charge in [-0.25, -0.2) is 4.79 Å². The summed E-state index contributed by atoms with van der Waals surface area (Å²) < 4.78 is 5.30. The van der Waals surface area contributed by atoms with Crippen LogP contribution in [0.1, 0.15) is 26.7 Å². The van der Waals surface area contributed by atoms with Crippen molar-refractivity contribution in [2.24, 2.45) is 11.8 Å². The van der Waals surface area contributed by atoms with Crippen LogP contribution in [0, 0.1) is 11.8 Å². The maximum Gasteiger partial charge on any atom is 0.326 e. The van der Waals surface area contributed by atoms with Crippen LogP contribution in [0.15, 0.2) is 0 Å². The van der Waals surface area contributed by atoms with Crippen LogP contribution in [0.5, 0.6) is 0 Å². The third-order valence-electron chi connectivity index (χ3n) is 4.70. The van der Waals surface area contributed by atoms with Gasteiger partial charge < -0.3 is 20.1 Å². The first-order valence-electron chi connectivity index (χ1n) is 8.98. The number of carbonyl (C=O) groups excluding carboxylic acids is 2. The molecule has 0 aromatic rings. The Morgan fingerprint density at radius 3 is 2.56 bits per heavy atom. The molecule has 2 aliphatic heterocycles. The lowest BCUT2D eigenvalue weighted by Crippen LogP contribution is -2.45. The fraction of sp³-hybridized carbons (Fsp3) is 0.824. The van der Waals surface area contributed by atoms with Crippen LogP contribution in [0.4, 0.5) is 0 Å². The molecule has 0 saturated carbocycles. The smallest absolute Gasteiger partial charge is 0.326 e. The molecule has 2 saturated heterocycles. The maximum atomic E-state index is 12.4. The zero-order chi connectivity index (χ0) is 18.4. The number of amides is 2. The number of rotatable bonds is 8. The molecule has 0 radical (unpaired) electrons. The third-order valence-corrected chi connectivity index (χ3v) is 4.70. The van der Waals surface area contributed by atoms with Gasteiger partial charge in [0.25, 0.3) is 0 Å². The molecule has 2 aliphatic rings. The van der Waals surface area contributed by atoms with Gasteiger partial charge in [-0.3, -0.25) is 14.5 Å². The third kappa shape index (κ3) is 5.97. The summed E-state index contributed by atoms with van der Waals surface area (Å²) in [5.74, 6) is -1.71. The summed E-state index contributed by atoms with van der Waals surface area (Å²) in [6.07, 6.45) is 0.533. The van der Waals surface area contributed by atoms with Crippen LogP contribution in [0.2, 0.25) is 0 Å². The van der Waals surface area contributed by atoms with E-state index in [1.807, 2.05) is 13.8 Å². The summed E-state index contributed by atoms with van der Waals surface area (Å²) in [5.41, 5.74) is 0. The molecule has 2 N–H and O–H groups in total. The zero-order valence-electron chi connectivity index (χ0n) is 15.1. The maximum absolute atomic E-state index is 12.4. The Morgan fingerprint density at radius 1 is 1.28 bits per heavy atom. The number of hydrogen-bond acceptors (Lipinski definition) is 5. The number of morpholine rings is 1. The minimum atomic E-state index is -1.03. The molecular formula is C17H29N3O5. The number of nitrogens with zero attached hydrogens (tertiary/aromatic N) is 2. The predicted octanol–water partition coefficient (Wildman–Crippen LogP) is -0.217. The number of carbonyl (C=O) groups is 3. The van der Waals surface area contributed by atoms with Crippen molar-refractivity contribution in [1.82, 2.24) is 15.1 Å². The lowest BCUT2D eigenvalue weighted by molar-refractivity contribution is -0.142. The highest BCUT2D eigenvalue weighted by Gasteiger charge is 2.36. The second-order valence-corrected chi connectivity index (χ2v) is 7.22. The van der Waals surface area contributed by atoms with Gasteiger partial charge in [-0.1, -0.05) is 13.8 Å². The number of aliphatic carboxylic acids is 1. The standard InChI is InChI=1S/C17H29N3O5/c1-12(2)9-14(17(23)24)18-16(22)13-10-15(21)20(11-13)4-3-19-5-7-25-8-6-19/h12-14H,3-11H2,1-2H3,(H,18,22)(H,23,24)/t13-,14-/m1/s1. The van der Waals surface area contributed by atoms with E-state index in [1.165, 1.54) is 0 Å². The molecule has 2 heterocycles. The topological polar surface area (TPSA) is 99.2 Å². The fourth-order valence-corrected chi connectivity index (χ4v) is 3.23. The molecule has 8 heteroatoms. The van der Waals surface area contributed by atoms with Gasteiger partial charge in [0.1, 0.15) is 6.04 Å². The molecule has 2 atom stereocenters. The van der Waals surface area contributed by atoms with Crippen molar-refractivity contribution < 1.29 is 24.2 Å². The fourth-order valence-electron chi connectivity index (χ4n) is 3.23. The van der Waals surface area contributed by atoms with Gasteiger partial charge in [0.15, 0.2) is 0 Å². The lowest BCUT2D eigenvalue weighted by Gasteiger charge is -2.28. The molecule has 0 spiro atoms. The average molecular weight is 355 g/mol. The molecule has 2 rings (SSSR count). The van der Waals surface area contributed by atoms with Crippen LogP contribution in [-0.4, -0.2) is 84.7 Å². The predicted molar refractivity (Wildman–Crippen MR) is 91.0 cm³/mol. The van der Waals surface area contributed by atoms with Crippen LogP contribution in [0.3, 0.4) is 0 Å². The second kappa shape index (κ2) is 9.15. The van der Waals surface area contributed by atoms with E-state index in [1.54, 1.807) is 4.90 Å². The van der Waals surface area contributed by atoms with Gasteiger partial charge >= 0.3 is 5.97 Å². The summed E-state index contributed by atoms with van der Waals surface area (Å²) in [4.78, 5) is 39.7. The lowest BCUT2D eigenvalue weighted by atomic mass is 10.0. The van der Waals surface area contributed by atoms with E-state index >= 15 is 0 Å². The molecule has 2 fully saturated rings. The summed E-state index contributed by atoms with van der Waals surface area (Å²) in [5, 5.41) is 11.8. The number of hydrogen-bond donors (Lipinski definition) is 2. The Kier molecular flexibility index (Phi) is 7.19. The van der Waals surface area contributed by atoms with Gasteiger partial charge in [-0.2, -0.15) is 0 Å². The largest absolute Gasteiger partial charge is 0.480 e. The van der Waals surface area contributed by atoms with E-state index in [0.29, 0.717) is 32.7 Å². The summed E-state index contributed by atoms with van der Waals surface area (Å²) in [7, 11) is 0. The number of ether oxygens (including phenoxy) is 1. The molecular weight excluding hydrogens is 326 g/mol. The Bertz CT molecular complexity index is 491. The Morgan fingerprint density at radius 2 is 1.96 bits per heavy atom. The van der Waals surface area contributed by atoms with Crippen LogP contribution in [-0.2, 0) is 19.1 Å². The second-order valence-electron chi connectivity index (χ2n) is 7.22. The molecule has 0 aromatic carbocycles. The van der Waals surface area contributed by atoms with Crippen molar-refractivity contribution in [2.45, 2.75) is 32.7 Å². The monoisotopic (exact) mass is 355 g/mol. The van der Waals surface area contributed by atoms with Crippen LogP contribution >= 0.6 is 0 Å². The zero-order valence-corrected chi connectivity index (χ0v) is 15.1. The molecule has 142 valence electrons. The van der Waals surface area contributed by atoms with E-state index < -0.39 is 17.9 Å². The first kappa shape index (κ1) is 19.7. The summed E-state index contributed by atoms with van der Waals surface area (Å²) in [6, 6.07) is -0.898. The Labute approximate surface area is 148 Å². The Hall–Kier alpha value is -1.67. The van der Waals surface area contributed by atoms with Crippen molar-refractivity contribution in [3.05, 3.63) is 0 Å². The van der Waals surface area contributed by atoms with Crippen molar-refractivity contribution in [2.75, 3.05) is 45.9 Å². The van der Waals surface area contributed by atoms with E-state index in [9.17, 15) is 19.5 Å². The summed E-state index contributed by atoms with van der Waals surface area (Å²) in [6.45, 7) is 8.71. The van der Waals surface area contributed by atoms with E-state index in [0.717, 1.165) is 19.6 Å². The number of nitrogens with one attached hydrogen (secondary N) is 1. The molecule has 0 unspecified atom stereocenters. The highest BCUT2D eigenvalue weighted by Crippen LogP contribution is 2.18. The molecule has 0 aliphatic carbocycles. The highest BCUT2D eigenvalue weighted by atomic mass is 16.5. The van der Waals surface area contributed by atoms with E-state index in [2.05, 4.69) is 10.2 Å². The van der Waals surface area contributed by atoms with Gasteiger partial charge in [-0.15, -0.1) is 0 Å². The molecule has 2 amide bonds. The first-order valence-corrected chi connectivity index (χ1v) is 8.98. The highest BCUT2D eigenvalue weighted by molar-refractivity contribution is 5.91. The number of carboxylic acids is 1. The molecule has 0 bridgehead atoms. The van der Waals surface area contributed by atoms with Crippen LogP contribution in [0.25, 0.3) is 0 Å². The van der Waals surface area contributed by atoms with Crippen molar-refractivity contribution in [3.8, 4) is 0 Å². The van der Waals surface area contributed by atoms with Gasteiger partial charge in [0.2, 0.25) is 11.8 Å². The van der Waals surface area contributed by atoms with Crippen molar-refractivity contribution in [1.29, 1.82) is 0 Å². The van der Waals surface area contributed by atoms with Gasteiger partial charge in [0.05, 0.1) is 19.1 Å². The SMILES string of the molecule is CC(C)C[C@@H](NC(=O)[C@@H]1CC(=O)N(CCN2CCOCC2)C1)C(=O)O. The van der Waals surface area contributed by atoms with E-state index in [-0.39, 0.29) is 24.2 Å². The van der Waals surface area contributed by atoms with Crippen molar-refractivity contribution >= 4 is 17.8 Å². The van der Waals surface area contributed by atoms with Crippen molar-refractivity contribution in [3.63, 3.8) is 0 Å². The van der Waals surface area contributed by atoms with Gasteiger partial charge in [0, 0.05) is 39.1 Å². The minimum absolute atomic E-state index is 0.0378. The molecule has 0 aromatic heterocycles. The molecule has 25 heavy (non-hydrogen) atoms. The summed E-state index contributed by atoms with van der Waals surface area (Å²) >= 11 is 0. The number of carboxylic acid groups (broad SMARTS) is 1. The number of likely N-dealkylation sites (tertiary alicyclic amines) is 1. The first-order chi connectivity index (χ1) is 11.9. The normalized spacial score (nSPS) is 23.1.